The molecule has 0 fully saturated rings. The van der Waals surface area contributed by atoms with E-state index in [0.717, 1.165) is 16.2 Å². The molecule has 21 heavy (non-hydrogen) atoms. The van der Waals surface area contributed by atoms with E-state index in [1.54, 1.807) is 23.5 Å². The molecule has 2 aromatic rings. The Bertz CT molecular complexity index is 734. The molecule has 6 heteroatoms. The van der Waals surface area contributed by atoms with E-state index in [2.05, 4.69) is 0 Å². The Morgan fingerprint density at radius 2 is 2.05 bits per heavy atom. The lowest BCUT2D eigenvalue weighted by Crippen LogP contribution is -2.47. The SMILES string of the molecule is O=C(O)[C@]1(O)C=C(c2ccc3sccc3c2)[C@@H](O)[C@H](O)C1. The number of carboxylic acid groups (broad SMARTS) is 1. The molecule has 3 atom stereocenters. The number of thiophene rings is 1. The predicted molar refractivity (Wildman–Crippen MR) is 79.0 cm³/mol. The molecule has 0 saturated carbocycles. The van der Waals surface area contributed by atoms with E-state index in [1.165, 1.54) is 0 Å². The second kappa shape index (κ2) is 4.92. The third-order valence-electron chi connectivity index (χ3n) is 3.75. The molecule has 110 valence electrons. The molecule has 5 nitrogen and oxygen atoms in total. The van der Waals surface area contributed by atoms with E-state index >= 15 is 0 Å². The number of carbonyl (C=O) groups is 1. The number of aliphatic carboxylic acids is 1. The van der Waals surface area contributed by atoms with Gasteiger partial charge in [-0.1, -0.05) is 6.07 Å². The van der Waals surface area contributed by atoms with Crippen LogP contribution in [0.4, 0.5) is 0 Å². The van der Waals surface area contributed by atoms with Crippen molar-refractivity contribution in [2.75, 3.05) is 0 Å². The standard InChI is InChI=1S/C15H14O5S/c16-11-7-15(20,14(18)19)6-10(13(11)17)8-1-2-12-9(5-8)3-4-21-12/h1-6,11,13,16-17,20H,7H2,(H,18,19)/t11-,13-,15+/m1/s1. The quantitative estimate of drug-likeness (QED) is 0.669. The number of carboxylic acids is 1. The first-order valence-corrected chi connectivity index (χ1v) is 7.31. The fraction of sp³-hybridized carbons (Fsp3) is 0.267. The number of aliphatic hydroxyl groups excluding tert-OH is 2. The number of aliphatic hydroxyl groups is 3. The van der Waals surface area contributed by atoms with Crippen LogP contribution in [-0.2, 0) is 4.79 Å². The fourth-order valence-corrected chi connectivity index (χ4v) is 3.36. The lowest BCUT2D eigenvalue weighted by atomic mass is 9.80. The molecule has 4 N–H and O–H groups in total. The number of rotatable bonds is 2. The lowest BCUT2D eigenvalue weighted by molar-refractivity contribution is -0.157. The third-order valence-corrected chi connectivity index (χ3v) is 4.65. The molecule has 0 saturated heterocycles. The van der Waals surface area contributed by atoms with Gasteiger partial charge in [-0.2, -0.15) is 0 Å². The van der Waals surface area contributed by atoms with Gasteiger partial charge in [0.15, 0.2) is 5.60 Å². The Labute approximate surface area is 124 Å². The number of fused-ring (bicyclic) bond motifs is 1. The van der Waals surface area contributed by atoms with Crippen molar-refractivity contribution in [2.24, 2.45) is 0 Å². The smallest absolute Gasteiger partial charge is 0.339 e. The second-order valence-electron chi connectivity index (χ2n) is 5.22. The summed E-state index contributed by atoms with van der Waals surface area (Å²) >= 11 is 1.57. The minimum Gasteiger partial charge on any atom is -0.479 e. The minimum absolute atomic E-state index is 0.228. The van der Waals surface area contributed by atoms with Crippen molar-refractivity contribution in [3.8, 4) is 0 Å². The van der Waals surface area contributed by atoms with E-state index in [-0.39, 0.29) is 5.57 Å². The van der Waals surface area contributed by atoms with Crippen LogP contribution in [0.25, 0.3) is 15.7 Å². The zero-order valence-electron chi connectivity index (χ0n) is 10.9. The molecular formula is C15H14O5S. The van der Waals surface area contributed by atoms with Crippen molar-refractivity contribution in [3.63, 3.8) is 0 Å². The largest absolute Gasteiger partial charge is 0.479 e. The molecule has 0 spiro atoms. The van der Waals surface area contributed by atoms with Crippen LogP contribution in [0.1, 0.15) is 12.0 Å². The van der Waals surface area contributed by atoms with Gasteiger partial charge in [0, 0.05) is 11.1 Å². The average Bonchev–Trinajstić information content (AvgIpc) is 2.90. The normalized spacial score (nSPS) is 29.4. The molecule has 0 radical (unpaired) electrons. The summed E-state index contributed by atoms with van der Waals surface area (Å²) in [6.07, 6.45) is -1.86. The number of benzene rings is 1. The Balaban J connectivity index is 2.12. The van der Waals surface area contributed by atoms with Gasteiger partial charge in [0.2, 0.25) is 0 Å². The fourth-order valence-electron chi connectivity index (χ4n) is 2.59. The van der Waals surface area contributed by atoms with E-state index in [1.807, 2.05) is 17.5 Å². The molecule has 0 amide bonds. The van der Waals surface area contributed by atoms with Gasteiger partial charge in [-0.25, -0.2) is 4.79 Å². The summed E-state index contributed by atoms with van der Waals surface area (Å²) in [5, 5.41) is 42.1. The van der Waals surface area contributed by atoms with E-state index in [0.29, 0.717) is 5.56 Å². The van der Waals surface area contributed by atoms with Crippen molar-refractivity contribution in [1.29, 1.82) is 0 Å². The van der Waals surface area contributed by atoms with Crippen molar-refractivity contribution in [2.45, 2.75) is 24.2 Å². The first-order chi connectivity index (χ1) is 9.90. The summed E-state index contributed by atoms with van der Waals surface area (Å²) in [5.41, 5.74) is -1.35. The Morgan fingerprint density at radius 1 is 1.29 bits per heavy atom. The van der Waals surface area contributed by atoms with Crippen molar-refractivity contribution in [1.82, 2.24) is 0 Å². The van der Waals surface area contributed by atoms with Crippen LogP contribution in [0, 0.1) is 0 Å². The maximum atomic E-state index is 11.2. The summed E-state index contributed by atoms with van der Waals surface area (Å²) in [7, 11) is 0. The van der Waals surface area contributed by atoms with Crippen LogP contribution in [0.5, 0.6) is 0 Å². The van der Waals surface area contributed by atoms with Gasteiger partial charge in [-0.05, 0) is 46.2 Å². The van der Waals surface area contributed by atoms with Crippen LogP contribution in [0.3, 0.4) is 0 Å². The summed E-state index contributed by atoms with van der Waals surface area (Å²) in [4.78, 5) is 11.2. The summed E-state index contributed by atoms with van der Waals surface area (Å²) < 4.78 is 1.07. The maximum absolute atomic E-state index is 11.2. The highest BCUT2D eigenvalue weighted by molar-refractivity contribution is 7.17. The highest BCUT2D eigenvalue weighted by Crippen LogP contribution is 2.35. The van der Waals surface area contributed by atoms with Gasteiger partial charge >= 0.3 is 5.97 Å². The molecule has 0 aliphatic heterocycles. The zero-order chi connectivity index (χ0) is 15.2. The Hall–Kier alpha value is -1.73. The number of hydrogen-bond acceptors (Lipinski definition) is 5. The summed E-state index contributed by atoms with van der Waals surface area (Å²) in [6.45, 7) is 0. The topological polar surface area (TPSA) is 98.0 Å². The first-order valence-electron chi connectivity index (χ1n) is 6.43. The predicted octanol–water partition coefficient (Wildman–Crippen LogP) is 1.23. The molecule has 0 bridgehead atoms. The first kappa shape index (κ1) is 14.2. The highest BCUT2D eigenvalue weighted by atomic mass is 32.1. The molecular weight excluding hydrogens is 292 g/mol. The lowest BCUT2D eigenvalue weighted by Gasteiger charge is -2.33. The summed E-state index contributed by atoms with van der Waals surface area (Å²) in [5.74, 6) is -1.44. The second-order valence-corrected chi connectivity index (χ2v) is 6.17. The zero-order valence-corrected chi connectivity index (χ0v) is 11.7. The molecule has 1 aromatic heterocycles. The van der Waals surface area contributed by atoms with Crippen molar-refractivity contribution in [3.05, 3.63) is 41.3 Å². The molecule has 3 rings (SSSR count). The maximum Gasteiger partial charge on any atom is 0.339 e. The van der Waals surface area contributed by atoms with E-state index < -0.39 is 30.2 Å². The van der Waals surface area contributed by atoms with Gasteiger partial charge in [0.25, 0.3) is 0 Å². The van der Waals surface area contributed by atoms with Crippen LogP contribution in [0.2, 0.25) is 0 Å². The molecule has 1 aliphatic rings. The number of hydrogen-bond donors (Lipinski definition) is 4. The van der Waals surface area contributed by atoms with Crippen molar-refractivity contribution >= 4 is 33.0 Å². The van der Waals surface area contributed by atoms with Gasteiger partial charge < -0.3 is 20.4 Å². The molecule has 0 unspecified atom stereocenters. The minimum atomic E-state index is -2.17. The third kappa shape index (κ3) is 2.36. The molecule has 1 aliphatic carbocycles. The Kier molecular flexibility index (Phi) is 3.33. The van der Waals surface area contributed by atoms with Crippen molar-refractivity contribution < 1.29 is 25.2 Å². The van der Waals surface area contributed by atoms with Crippen LogP contribution < -0.4 is 0 Å². The van der Waals surface area contributed by atoms with Crippen LogP contribution in [-0.4, -0.2) is 44.2 Å². The molecule has 1 heterocycles. The average molecular weight is 306 g/mol. The molecule has 1 aromatic carbocycles. The Morgan fingerprint density at radius 3 is 2.76 bits per heavy atom. The van der Waals surface area contributed by atoms with Gasteiger partial charge in [-0.15, -0.1) is 11.3 Å². The van der Waals surface area contributed by atoms with Crippen LogP contribution >= 0.6 is 11.3 Å². The van der Waals surface area contributed by atoms with Crippen LogP contribution in [0.15, 0.2) is 35.7 Å². The van der Waals surface area contributed by atoms with Gasteiger partial charge in [0.1, 0.15) is 6.10 Å². The highest BCUT2D eigenvalue weighted by Gasteiger charge is 2.43. The monoisotopic (exact) mass is 306 g/mol. The summed E-state index contributed by atoms with van der Waals surface area (Å²) in [6, 6.07) is 7.33. The van der Waals surface area contributed by atoms with Gasteiger partial charge in [-0.3, -0.25) is 0 Å². The van der Waals surface area contributed by atoms with E-state index in [4.69, 9.17) is 5.11 Å². The van der Waals surface area contributed by atoms with E-state index in [9.17, 15) is 20.1 Å². The van der Waals surface area contributed by atoms with Gasteiger partial charge in [0.05, 0.1) is 6.10 Å².